The van der Waals surface area contributed by atoms with Gasteiger partial charge in [0.05, 0.1) is 61.0 Å². The number of fused-ring (bicyclic) bond motifs is 1. The fraction of sp³-hybridized carbons (Fsp3) is 0.657. The first-order valence-corrected chi connectivity index (χ1v) is 23.1. The Labute approximate surface area is 303 Å². The lowest BCUT2D eigenvalue weighted by Crippen LogP contribution is -2.48. The van der Waals surface area contributed by atoms with Crippen molar-refractivity contribution in [2.24, 2.45) is 0 Å². The van der Waals surface area contributed by atoms with Crippen LogP contribution < -0.4 is 9.64 Å². The first-order valence-electron chi connectivity index (χ1n) is 17.3. The Kier molecular flexibility index (Phi) is 11.5. The maximum atomic E-state index is 13.8. The molecule has 0 N–H and O–H groups in total. The van der Waals surface area contributed by atoms with Gasteiger partial charge in [-0.15, -0.1) is 5.10 Å². The molecule has 3 atom stereocenters. The highest BCUT2D eigenvalue weighted by Crippen LogP contribution is 2.43. The van der Waals surface area contributed by atoms with E-state index in [2.05, 4.69) is 77.9 Å². The lowest BCUT2D eigenvalue weighted by molar-refractivity contribution is -0.385. The second-order valence-corrected chi connectivity index (χ2v) is 26.8. The topological polar surface area (TPSA) is 153 Å². The Balaban J connectivity index is 1.75. The van der Waals surface area contributed by atoms with Crippen molar-refractivity contribution < 1.29 is 32.8 Å². The fourth-order valence-corrected chi connectivity index (χ4v) is 7.53. The van der Waals surface area contributed by atoms with E-state index in [0.717, 1.165) is 0 Å². The van der Waals surface area contributed by atoms with Crippen LogP contribution in [0.15, 0.2) is 30.7 Å². The number of anilines is 1. The number of nitrogens with zero attached hydrogens (tertiary/aromatic N) is 6. The van der Waals surface area contributed by atoms with E-state index >= 15 is 0 Å². The molecule has 14 nitrogen and oxygen atoms in total. The monoisotopic (exact) mass is 744 g/mol. The van der Waals surface area contributed by atoms with Gasteiger partial charge in [-0.25, -0.2) is 9.78 Å². The average Bonchev–Trinajstić information content (AvgIpc) is 3.60. The lowest BCUT2D eigenvalue weighted by Gasteiger charge is -2.40. The Bertz CT molecular complexity index is 1730. The second kappa shape index (κ2) is 14.5. The predicted molar refractivity (Wildman–Crippen MR) is 201 cm³/mol. The van der Waals surface area contributed by atoms with Crippen LogP contribution in [0.1, 0.15) is 80.5 Å². The summed E-state index contributed by atoms with van der Waals surface area (Å²) in [5.41, 5.74) is 0.101. The molecule has 1 aliphatic rings. The third-order valence-corrected chi connectivity index (χ3v) is 19.2. The van der Waals surface area contributed by atoms with Crippen LogP contribution in [0.4, 0.5) is 16.3 Å². The van der Waals surface area contributed by atoms with Gasteiger partial charge in [0.25, 0.3) is 5.69 Å². The number of nitro benzene ring substituents is 1. The van der Waals surface area contributed by atoms with E-state index in [1.807, 2.05) is 4.57 Å². The number of hydrogen-bond donors (Lipinski definition) is 0. The highest BCUT2D eigenvalue weighted by atomic mass is 28.4. The highest BCUT2D eigenvalue weighted by molar-refractivity contribution is 6.74. The van der Waals surface area contributed by atoms with E-state index in [4.69, 9.17) is 28.0 Å². The molecule has 0 spiro atoms. The van der Waals surface area contributed by atoms with Crippen LogP contribution in [0.25, 0.3) is 11.0 Å². The molecule has 0 radical (unpaired) electrons. The summed E-state index contributed by atoms with van der Waals surface area (Å²) in [4.78, 5) is 31.2. The number of nitro groups is 1. The molecule has 51 heavy (non-hydrogen) atoms. The molecular formula is C35H56N6O8Si2. The lowest BCUT2D eigenvalue weighted by atomic mass is 10.1. The summed E-state index contributed by atoms with van der Waals surface area (Å²) in [7, 11) is -2.85. The molecule has 1 aromatic carbocycles. The molecule has 0 saturated carbocycles. The summed E-state index contributed by atoms with van der Waals surface area (Å²) in [6, 6.07) is 4.46. The van der Waals surface area contributed by atoms with Crippen LogP contribution in [0, 0.1) is 10.1 Å². The smallest absolute Gasteiger partial charge is 0.416 e. The minimum atomic E-state index is -2.19. The van der Waals surface area contributed by atoms with Crippen LogP contribution in [-0.2, 0) is 24.9 Å². The fourth-order valence-electron chi connectivity index (χ4n) is 5.16. The summed E-state index contributed by atoms with van der Waals surface area (Å²) in [6.07, 6.45) is 2.00. The average molecular weight is 745 g/mol. The number of benzene rings is 1. The molecule has 1 aliphatic heterocycles. The standard InChI is InChI=1S/C35H56N6O8Si2/c1-33(2,3)48-32(42)39(20-23-15-16-24(45-10)17-25(23)41(43)44)31-30-26(19-37-38-31)40(22-36-30)29-18-27(49-51(13,14)35(7,8)9)28(47-29)21-46-50(11,12)34(4,5)6/h15-17,19,22,27-29H,18,20-21H2,1-14H3/t27?,28-,29-/m1/s1. The molecule has 1 fully saturated rings. The van der Waals surface area contributed by atoms with Gasteiger partial charge in [-0.05, 0) is 69.2 Å². The second-order valence-electron chi connectivity index (χ2n) is 17.2. The predicted octanol–water partition coefficient (Wildman–Crippen LogP) is 8.38. The minimum Gasteiger partial charge on any atom is -0.497 e. The van der Waals surface area contributed by atoms with Crippen molar-refractivity contribution >= 4 is 45.3 Å². The number of ether oxygens (including phenoxy) is 3. The molecule has 4 rings (SSSR count). The van der Waals surface area contributed by atoms with Gasteiger partial charge in [-0.3, -0.25) is 15.0 Å². The number of aromatic nitrogens is 4. The van der Waals surface area contributed by atoms with Crippen LogP contribution >= 0.6 is 0 Å². The zero-order chi connectivity index (χ0) is 38.3. The van der Waals surface area contributed by atoms with Gasteiger partial charge in [0.15, 0.2) is 22.5 Å². The van der Waals surface area contributed by atoms with Crippen LogP contribution in [0.2, 0.25) is 36.3 Å². The Hall–Kier alpha value is -3.45. The maximum absolute atomic E-state index is 13.8. The molecule has 3 aromatic rings. The van der Waals surface area contributed by atoms with Gasteiger partial charge in [-0.1, -0.05) is 41.5 Å². The minimum absolute atomic E-state index is 0.00774. The molecule has 0 aliphatic carbocycles. The SMILES string of the molecule is COc1ccc(CN(C(=O)OC(C)(C)C)c2nncc3c2ncn3[C@H]2CC(O[Si](C)(C)C(C)(C)C)[C@@H](CO[Si](C)(C)C(C)(C)C)O2)c([N+](=O)[O-])c1. The molecule has 2 aromatic heterocycles. The summed E-state index contributed by atoms with van der Waals surface area (Å²) < 4.78 is 33.2. The largest absolute Gasteiger partial charge is 0.497 e. The van der Waals surface area contributed by atoms with Crippen molar-refractivity contribution in [3.63, 3.8) is 0 Å². The number of carbonyl (C=O) groups excluding carboxylic acids is 1. The molecule has 1 saturated heterocycles. The molecule has 1 unspecified atom stereocenters. The van der Waals surface area contributed by atoms with Gasteiger partial charge in [0.1, 0.15) is 29.2 Å². The van der Waals surface area contributed by atoms with Crippen molar-refractivity contribution in [2.45, 2.75) is 136 Å². The van der Waals surface area contributed by atoms with Crippen LogP contribution in [0.3, 0.4) is 0 Å². The van der Waals surface area contributed by atoms with E-state index in [-0.39, 0.29) is 45.9 Å². The van der Waals surface area contributed by atoms with Crippen molar-refractivity contribution in [1.29, 1.82) is 0 Å². The molecule has 0 bridgehead atoms. The Morgan fingerprint density at radius 3 is 2.27 bits per heavy atom. The van der Waals surface area contributed by atoms with Crippen molar-refractivity contribution in [3.8, 4) is 5.75 Å². The summed E-state index contributed by atoms with van der Waals surface area (Å²) in [5.74, 6) is 0.408. The van der Waals surface area contributed by atoms with Crippen molar-refractivity contribution in [1.82, 2.24) is 19.7 Å². The van der Waals surface area contributed by atoms with Gasteiger partial charge in [0.2, 0.25) is 0 Å². The van der Waals surface area contributed by atoms with Gasteiger partial charge < -0.3 is 27.6 Å². The normalized spacial score (nSPS) is 19.0. The molecule has 16 heteroatoms. The summed E-state index contributed by atoms with van der Waals surface area (Å²) in [6.45, 7) is 27.6. The first-order chi connectivity index (χ1) is 23.3. The van der Waals surface area contributed by atoms with Crippen LogP contribution in [-0.4, -0.2) is 78.9 Å². The van der Waals surface area contributed by atoms with Gasteiger partial charge in [0, 0.05) is 6.42 Å². The zero-order valence-corrected chi connectivity index (χ0v) is 34.7. The van der Waals surface area contributed by atoms with E-state index in [1.165, 1.54) is 18.1 Å². The summed E-state index contributed by atoms with van der Waals surface area (Å²) in [5, 5.41) is 20.7. The Morgan fingerprint density at radius 2 is 1.71 bits per heavy atom. The molecular weight excluding hydrogens is 689 g/mol. The quantitative estimate of drug-likeness (QED) is 0.106. The number of rotatable bonds is 11. The number of imidazole rings is 1. The number of carbonyl (C=O) groups is 1. The molecule has 1 amide bonds. The van der Waals surface area contributed by atoms with E-state index in [0.29, 0.717) is 29.8 Å². The number of amides is 1. The first kappa shape index (κ1) is 40.3. The van der Waals surface area contributed by atoms with Gasteiger partial charge in [-0.2, -0.15) is 5.10 Å². The van der Waals surface area contributed by atoms with Crippen molar-refractivity contribution in [2.75, 3.05) is 18.6 Å². The van der Waals surface area contributed by atoms with Crippen molar-refractivity contribution in [3.05, 3.63) is 46.4 Å². The number of hydrogen-bond acceptors (Lipinski definition) is 11. The van der Waals surface area contributed by atoms with E-state index in [1.54, 1.807) is 45.4 Å². The van der Waals surface area contributed by atoms with E-state index in [9.17, 15) is 14.9 Å². The van der Waals surface area contributed by atoms with E-state index < -0.39 is 39.5 Å². The zero-order valence-electron chi connectivity index (χ0n) is 32.7. The third kappa shape index (κ3) is 9.14. The van der Waals surface area contributed by atoms with Crippen LogP contribution in [0.5, 0.6) is 5.75 Å². The van der Waals surface area contributed by atoms with Gasteiger partial charge >= 0.3 is 6.09 Å². The Morgan fingerprint density at radius 1 is 1.06 bits per heavy atom. The highest BCUT2D eigenvalue weighted by Gasteiger charge is 2.47. The summed E-state index contributed by atoms with van der Waals surface area (Å²) >= 11 is 0. The maximum Gasteiger partial charge on any atom is 0.416 e. The molecule has 3 heterocycles. The number of methoxy groups -OCH3 is 1. The third-order valence-electron chi connectivity index (χ3n) is 10.2. The molecule has 282 valence electrons.